The van der Waals surface area contributed by atoms with Gasteiger partial charge in [0.15, 0.2) is 0 Å². The van der Waals surface area contributed by atoms with Gasteiger partial charge >= 0.3 is 0 Å². The van der Waals surface area contributed by atoms with Gasteiger partial charge in [0, 0.05) is 42.4 Å². The Morgan fingerprint density at radius 1 is 1.14 bits per heavy atom. The molecule has 0 spiro atoms. The Bertz CT molecular complexity index is 1010. The lowest BCUT2D eigenvalue weighted by molar-refractivity contribution is -0.137. The monoisotopic (exact) mass is 600 g/mol. The number of nitrogens with one attached hydrogen (secondary N) is 2. The van der Waals surface area contributed by atoms with Crippen LogP contribution in [0.4, 0.5) is 8.78 Å². The molecule has 0 unspecified atom stereocenters. The van der Waals surface area contributed by atoms with Crippen molar-refractivity contribution in [2.24, 2.45) is 0 Å². The van der Waals surface area contributed by atoms with Gasteiger partial charge in [-0.05, 0) is 71.3 Å². The van der Waals surface area contributed by atoms with E-state index in [-0.39, 0.29) is 37.9 Å². The number of hydrogen-bond acceptors (Lipinski definition) is 5. The van der Waals surface area contributed by atoms with Crippen molar-refractivity contribution >= 4 is 34.4 Å². The first-order valence-corrected chi connectivity index (χ1v) is 12.7. The number of halogens is 3. The summed E-state index contributed by atoms with van der Waals surface area (Å²) in [5, 5.41) is 16.8. The van der Waals surface area contributed by atoms with Gasteiger partial charge < -0.3 is 20.6 Å². The third-order valence-electron chi connectivity index (χ3n) is 5.91. The minimum Gasteiger partial charge on any atom is -0.390 e. The normalized spacial score (nSPS) is 16.3. The van der Waals surface area contributed by atoms with Crippen LogP contribution in [0.3, 0.4) is 0 Å². The molecule has 0 radical (unpaired) electrons. The number of carbonyl (C=O) groups excluding carboxylic acids is 2. The zero-order valence-corrected chi connectivity index (χ0v) is 21.8. The van der Waals surface area contributed by atoms with Gasteiger partial charge in [-0.15, -0.1) is 0 Å². The summed E-state index contributed by atoms with van der Waals surface area (Å²) in [6.07, 6.45) is -0.957. The van der Waals surface area contributed by atoms with Crippen LogP contribution in [-0.4, -0.2) is 78.1 Å². The van der Waals surface area contributed by atoms with E-state index in [0.717, 1.165) is 15.2 Å². The summed E-state index contributed by atoms with van der Waals surface area (Å²) in [5.74, 6) is -1.83. The second-order valence-electron chi connectivity index (χ2n) is 8.67. The van der Waals surface area contributed by atoms with Gasteiger partial charge in [-0.25, -0.2) is 8.78 Å². The van der Waals surface area contributed by atoms with Crippen LogP contribution < -0.4 is 10.6 Å². The van der Waals surface area contributed by atoms with Crippen LogP contribution in [0, 0.1) is 15.2 Å². The van der Waals surface area contributed by atoms with Gasteiger partial charge in [-0.1, -0.05) is 12.1 Å². The predicted molar refractivity (Wildman–Crippen MR) is 138 cm³/mol. The van der Waals surface area contributed by atoms with Crippen molar-refractivity contribution in [3.63, 3.8) is 0 Å². The molecule has 10 heteroatoms. The summed E-state index contributed by atoms with van der Waals surface area (Å²) < 4.78 is 28.5. The highest BCUT2D eigenvalue weighted by Gasteiger charge is 2.27. The molecule has 2 amide bonds. The summed E-state index contributed by atoms with van der Waals surface area (Å²) in [6.45, 7) is 4.52. The second-order valence-corrected chi connectivity index (χ2v) is 9.91. The highest BCUT2D eigenvalue weighted by molar-refractivity contribution is 14.1. The molecule has 0 aromatic heterocycles. The van der Waals surface area contributed by atoms with Gasteiger partial charge in [0.25, 0.3) is 0 Å². The van der Waals surface area contributed by atoms with E-state index in [1.807, 2.05) is 31.2 Å². The third kappa shape index (κ3) is 8.78. The number of aliphatic hydroxyl groups is 1. The van der Waals surface area contributed by atoms with Gasteiger partial charge in [0.2, 0.25) is 11.8 Å². The number of rotatable bonds is 11. The number of benzene rings is 2. The van der Waals surface area contributed by atoms with Crippen molar-refractivity contribution < 1.29 is 23.5 Å². The Balaban J connectivity index is 1.62. The fraction of sp³-hybridized carbons (Fsp3) is 0.440. The zero-order chi connectivity index (χ0) is 25.4. The Kier molecular flexibility index (Phi) is 10.4. The molecule has 2 atom stereocenters. The van der Waals surface area contributed by atoms with Crippen LogP contribution in [0.25, 0.3) is 0 Å². The topological polar surface area (TPSA) is 84.9 Å². The minimum absolute atomic E-state index is 0.0000923. The van der Waals surface area contributed by atoms with Crippen molar-refractivity contribution in [3.8, 4) is 0 Å². The number of hydrogen-bond donors (Lipinski definition) is 3. The van der Waals surface area contributed by atoms with E-state index >= 15 is 0 Å². The number of piperazine rings is 1. The summed E-state index contributed by atoms with van der Waals surface area (Å²) in [5.41, 5.74) is 1.38. The van der Waals surface area contributed by atoms with Crippen LogP contribution in [0.2, 0.25) is 0 Å². The zero-order valence-electron chi connectivity index (χ0n) is 19.6. The smallest absolute Gasteiger partial charge is 0.236 e. The van der Waals surface area contributed by atoms with Crippen molar-refractivity contribution in [1.29, 1.82) is 0 Å². The molecule has 3 N–H and O–H groups in total. The highest BCUT2D eigenvalue weighted by Crippen LogP contribution is 2.13. The molecule has 0 bridgehead atoms. The SMILES string of the molecule is CCN1CCN(CC(=O)N[C@@H](Cc2cc(F)cc(F)c2)[C@H](O)CNCc2cccc(I)c2)CC1=O. The molecule has 0 saturated carbocycles. The molecule has 35 heavy (non-hydrogen) atoms. The van der Waals surface area contributed by atoms with E-state index in [1.54, 1.807) is 9.80 Å². The molecule has 1 aliphatic heterocycles. The Labute approximate surface area is 218 Å². The molecule has 0 aliphatic carbocycles. The van der Waals surface area contributed by atoms with E-state index in [2.05, 4.69) is 33.2 Å². The van der Waals surface area contributed by atoms with Crippen molar-refractivity contribution in [1.82, 2.24) is 20.4 Å². The molecular weight excluding hydrogens is 569 g/mol. The van der Waals surface area contributed by atoms with Gasteiger partial charge in [0.1, 0.15) is 11.6 Å². The molecule has 2 aromatic rings. The van der Waals surface area contributed by atoms with Crippen LogP contribution in [0.5, 0.6) is 0 Å². The Morgan fingerprint density at radius 2 is 1.89 bits per heavy atom. The van der Waals surface area contributed by atoms with E-state index < -0.39 is 23.8 Å². The molecule has 7 nitrogen and oxygen atoms in total. The van der Waals surface area contributed by atoms with Gasteiger partial charge in [-0.3, -0.25) is 14.5 Å². The average Bonchev–Trinajstić information content (AvgIpc) is 2.78. The standard InChI is InChI=1S/C25H31F2IN4O3/c1-2-32-7-6-31(16-25(32)35)15-24(34)30-22(11-18-8-19(26)12-20(27)9-18)23(33)14-29-13-17-4-3-5-21(28)10-17/h3-5,8-10,12,22-23,29,33H,2,6-7,11,13-16H2,1H3,(H,30,34)/t22-,23+/m0/s1. The summed E-state index contributed by atoms with van der Waals surface area (Å²) in [7, 11) is 0. The first-order valence-electron chi connectivity index (χ1n) is 11.6. The largest absolute Gasteiger partial charge is 0.390 e. The van der Waals surface area contributed by atoms with Crippen LogP contribution in [0.1, 0.15) is 18.1 Å². The third-order valence-corrected chi connectivity index (χ3v) is 6.58. The summed E-state index contributed by atoms with van der Waals surface area (Å²) in [4.78, 5) is 28.4. The summed E-state index contributed by atoms with van der Waals surface area (Å²) in [6, 6.07) is 10.3. The van der Waals surface area contributed by atoms with Crippen LogP contribution >= 0.6 is 22.6 Å². The fourth-order valence-electron chi connectivity index (χ4n) is 4.10. The lowest BCUT2D eigenvalue weighted by Gasteiger charge is -2.33. The first-order chi connectivity index (χ1) is 16.7. The molecule has 1 aliphatic rings. The van der Waals surface area contributed by atoms with E-state index in [4.69, 9.17) is 0 Å². The van der Waals surface area contributed by atoms with Crippen molar-refractivity contribution in [2.75, 3.05) is 39.3 Å². The maximum absolute atomic E-state index is 13.7. The Morgan fingerprint density at radius 3 is 2.54 bits per heavy atom. The number of likely N-dealkylation sites (N-methyl/N-ethyl adjacent to an activating group) is 1. The quantitative estimate of drug-likeness (QED) is 0.344. The molecule has 190 valence electrons. The van der Waals surface area contributed by atoms with Crippen LogP contribution in [-0.2, 0) is 22.6 Å². The molecule has 2 aromatic carbocycles. The molecule has 1 heterocycles. The average molecular weight is 600 g/mol. The lowest BCUT2D eigenvalue weighted by atomic mass is 10.0. The maximum Gasteiger partial charge on any atom is 0.236 e. The number of amides is 2. The molecule has 1 saturated heterocycles. The van der Waals surface area contributed by atoms with E-state index in [9.17, 15) is 23.5 Å². The highest BCUT2D eigenvalue weighted by atomic mass is 127. The predicted octanol–water partition coefficient (Wildman–Crippen LogP) is 1.91. The maximum atomic E-state index is 13.7. The molecular formula is C25H31F2IN4O3. The number of aliphatic hydroxyl groups excluding tert-OH is 1. The first kappa shape index (κ1) is 27.4. The van der Waals surface area contributed by atoms with Gasteiger partial charge in [-0.2, -0.15) is 0 Å². The lowest BCUT2D eigenvalue weighted by Crippen LogP contribution is -2.55. The van der Waals surface area contributed by atoms with Gasteiger partial charge in [0.05, 0.1) is 25.2 Å². The fourth-order valence-corrected chi connectivity index (χ4v) is 4.71. The molecule has 3 rings (SSSR count). The number of nitrogens with zero attached hydrogens (tertiary/aromatic N) is 2. The Hall–Kier alpha value is -2.15. The summed E-state index contributed by atoms with van der Waals surface area (Å²) >= 11 is 2.23. The van der Waals surface area contributed by atoms with Crippen LogP contribution in [0.15, 0.2) is 42.5 Å². The van der Waals surface area contributed by atoms with E-state index in [1.165, 1.54) is 12.1 Å². The van der Waals surface area contributed by atoms with Crippen molar-refractivity contribution in [3.05, 3.63) is 68.8 Å². The number of carbonyl (C=O) groups is 2. The second kappa shape index (κ2) is 13.2. The minimum atomic E-state index is -1.01. The van der Waals surface area contributed by atoms with Crippen molar-refractivity contribution in [2.45, 2.75) is 32.0 Å². The van der Waals surface area contributed by atoms with E-state index in [0.29, 0.717) is 31.7 Å². The molecule has 1 fully saturated rings.